The Balaban J connectivity index is 1.94. The van der Waals surface area contributed by atoms with Crippen LogP contribution in [0.15, 0.2) is 18.2 Å². The van der Waals surface area contributed by atoms with Gasteiger partial charge in [-0.1, -0.05) is 25.1 Å². The van der Waals surface area contributed by atoms with Gasteiger partial charge in [-0.05, 0) is 43.7 Å². The van der Waals surface area contributed by atoms with E-state index in [4.69, 9.17) is 9.47 Å². The quantitative estimate of drug-likeness (QED) is 0.865. The molecule has 0 radical (unpaired) electrons. The van der Waals surface area contributed by atoms with Gasteiger partial charge in [0.1, 0.15) is 5.75 Å². The first-order valence-electron chi connectivity index (χ1n) is 7.86. The molecule has 1 aliphatic carbocycles. The summed E-state index contributed by atoms with van der Waals surface area (Å²) in [5.41, 5.74) is 2.63. The van der Waals surface area contributed by atoms with Gasteiger partial charge in [0, 0.05) is 12.7 Å². The van der Waals surface area contributed by atoms with Crippen LogP contribution in [-0.2, 0) is 11.2 Å². The van der Waals surface area contributed by atoms with Gasteiger partial charge in [-0.3, -0.25) is 0 Å². The Morgan fingerprint density at radius 1 is 1.40 bits per heavy atom. The van der Waals surface area contributed by atoms with Gasteiger partial charge in [0.25, 0.3) is 0 Å². The number of ether oxygens (including phenoxy) is 2. The molecule has 2 unspecified atom stereocenters. The smallest absolute Gasteiger partial charge is 0.127 e. The molecule has 1 heterocycles. The molecular formula is C17H25NO2. The van der Waals surface area contributed by atoms with Crippen molar-refractivity contribution in [2.24, 2.45) is 5.92 Å². The second kappa shape index (κ2) is 6.15. The van der Waals surface area contributed by atoms with Gasteiger partial charge in [0.05, 0.1) is 18.8 Å². The molecule has 1 saturated carbocycles. The van der Waals surface area contributed by atoms with Crippen molar-refractivity contribution in [2.75, 3.05) is 20.3 Å². The largest absolute Gasteiger partial charge is 0.493 e. The van der Waals surface area contributed by atoms with E-state index >= 15 is 0 Å². The highest BCUT2D eigenvalue weighted by atomic mass is 16.5. The highest BCUT2D eigenvalue weighted by Crippen LogP contribution is 2.43. The van der Waals surface area contributed by atoms with E-state index in [9.17, 15) is 0 Å². The Bertz CT molecular complexity index is 456. The zero-order valence-electron chi connectivity index (χ0n) is 12.5. The first-order valence-corrected chi connectivity index (χ1v) is 7.86. The number of benzene rings is 1. The van der Waals surface area contributed by atoms with Crippen molar-refractivity contribution < 1.29 is 9.47 Å². The number of hydrogen-bond acceptors (Lipinski definition) is 3. The van der Waals surface area contributed by atoms with Gasteiger partial charge in [0.2, 0.25) is 0 Å². The topological polar surface area (TPSA) is 30.5 Å². The number of aryl methyl sites for hydroxylation is 1. The fraction of sp³-hybridized carbons (Fsp3) is 0.647. The second-order valence-electron chi connectivity index (χ2n) is 5.86. The molecule has 2 aliphatic rings. The molecule has 0 saturated heterocycles. The highest BCUT2D eigenvalue weighted by Gasteiger charge is 2.38. The average Bonchev–Trinajstić information content (AvgIpc) is 3.31. The van der Waals surface area contributed by atoms with Crippen molar-refractivity contribution in [2.45, 2.75) is 44.8 Å². The summed E-state index contributed by atoms with van der Waals surface area (Å²) >= 11 is 0. The van der Waals surface area contributed by atoms with Gasteiger partial charge in [-0.25, -0.2) is 0 Å². The minimum Gasteiger partial charge on any atom is -0.493 e. The number of para-hydroxylation sites is 1. The Morgan fingerprint density at radius 2 is 2.25 bits per heavy atom. The van der Waals surface area contributed by atoms with Crippen molar-refractivity contribution in [3.63, 3.8) is 0 Å². The van der Waals surface area contributed by atoms with Gasteiger partial charge < -0.3 is 14.8 Å². The van der Waals surface area contributed by atoms with E-state index in [-0.39, 0.29) is 12.1 Å². The minimum absolute atomic E-state index is 0.241. The fourth-order valence-electron chi connectivity index (χ4n) is 3.31. The lowest BCUT2D eigenvalue weighted by atomic mass is 9.93. The third kappa shape index (κ3) is 2.70. The van der Waals surface area contributed by atoms with Crippen molar-refractivity contribution in [1.29, 1.82) is 0 Å². The van der Waals surface area contributed by atoms with E-state index in [1.807, 2.05) is 7.11 Å². The molecule has 0 amide bonds. The number of fused-ring (bicyclic) bond motifs is 1. The normalized spacial score (nSPS) is 20.9. The van der Waals surface area contributed by atoms with Crippen LogP contribution in [0.2, 0.25) is 0 Å². The lowest BCUT2D eigenvalue weighted by Gasteiger charge is -2.30. The van der Waals surface area contributed by atoms with Gasteiger partial charge in [-0.15, -0.1) is 0 Å². The Morgan fingerprint density at radius 3 is 2.95 bits per heavy atom. The molecule has 3 rings (SSSR count). The Labute approximate surface area is 121 Å². The van der Waals surface area contributed by atoms with E-state index < -0.39 is 0 Å². The third-order valence-corrected chi connectivity index (χ3v) is 4.41. The van der Waals surface area contributed by atoms with Crippen LogP contribution < -0.4 is 10.1 Å². The number of rotatable bonds is 6. The lowest BCUT2D eigenvalue weighted by Crippen LogP contribution is -2.35. The van der Waals surface area contributed by atoms with Crippen LogP contribution in [-0.4, -0.2) is 26.4 Å². The van der Waals surface area contributed by atoms with E-state index in [1.165, 1.54) is 24.0 Å². The van der Waals surface area contributed by atoms with E-state index in [1.54, 1.807) is 0 Å². The van der Waals surface area contributed by atoms with E-state index in [0.29, 0.717) is 5.92 Å². The number of likely N-dealkylation sites (N-methyl/N-ethyl adjacent to an activating group) is 1. The monoisotopic (exact) mass is 275 g/mol. The zero-order valence-corrected chi connectivity index (χ0v) is 12.5. The highest BCUT2D eigenvalue weighted by molar-refractivity contribution is 5.45. The maximum atomic E-state index is 5.98. The van der Waals surface area contributed by atoms with Crippen LogP contribution >= 0.6 is 0 Å². The molecule has 2 atom stereocenters. The molecule has 0 spiro atoms. The number of hydrogen-bond donors (Lipinski definition) is 1. The number of methoxy groups -OCH3 is 1. The van der Waals surface area contributed by atoms with Crippen molar-refractivity contribution in [1.82, 2.24) is 5.32 Å². The van der Waals surface area contributed by atoms with Gasteiger partial charge >= 0.3 is 0 Å². The zero-order chi connectivity index (χ0) is 13.9. The molecule has 3 nitrogen and oxygen atoms in total. The predicted molar refractivity (Wildman–Crippen MR) is 80.2 cm³/mol. The lowest BCUT2D eigenvalue weighted by molar-refractivity contribution is 0.0500. The summed E-state index contributed by atoms with van der Waals surface area (Å²) in [4.78, 5) is 0. The maximum Gasteiger partial charge on any atom is 0.127 e. The summed E-state index contributed by atoms with van der Waals surface area (Å²) in [5.74, 6) is 1.80. The summed E-state index contributed by atoms with van der Waals surface area (Å²) in [6.45, 7) is 3.94. The molecule has 20 heavy (non-hydrogen) atoms. The fourth-order valence-corrected chi connectivity index (χ4v) is 3.31. The molecule has 1 aliphatic heterocycles. The van der Waals surface area contributed by atoms with Crippen LogP contribution in [0.4, 0.5) is 0 Å². The molecule has 1 fully saturated rings. The Hall–Kier alpha value is -1.06. The van der Waals surface area contributed by atoms with Crippen molar-refractivity contribution in [3.8, 4) is 5.75 Å². The third-order valence-electron chi connectivity index (χ3n) is 4.41. The van der Waals surface area contributed by atoms with E-state index in [0.717, 1.165) is 31.7 Å². The van der Waals surface area contributed by atoms with E-state index in [2.05, 4.69) is 30.4 Å². The van der Waals surface area contributed by atoms with Gasteiger partial charge in [0.15, 0.2) is 0 Å². The maximum absolute atomic E-state index is 5.98. The van der Waals surface area contributed by atoms with Crippen LogP contribution in [0.1, 0.15) is 43.4 Å². The molecule has 0 aromatic heterocycles. The van der Waals surface area contributed by atoms with Crippen LogP contribution in [0.3, 0.4) is 0 Å². The molecule has 1 aromatic rings. The first kappa shape index (κ1) is 13.9. The standard InChI is InChI=1S/C17H25NO2/c1-3-18-15(17(19-2)13-9-10-13)14-8-4-6-12-7-5-11-20-16(12)14/h4,6,8,13,15,17-18H,3,5,7,9-11H2,1-2H3. The van der Waals surface area contributed by atoms with Crippen molar-refractivity contribution >= 4 is 0 Å². The summed E-state index contributed by atoms with van der Waals surface area (Å²) in [6, 6.07) is 6.80. The molecule has 110 valence electrons. The molecule has 1 aromatic carbocycles. The number of nitrogens with one attached hydrogen (secondary N) is 1. The summed E-state index contributed by atoms with van der Waals surface area (Å²) in [7, 11) is 1.84. The molecule has 1 N–H and O–H groups in total. The first-order chi connectivity index (χ1) is 9.85. The predicted octanol–water partition coefficient (Wildman–Crippen LogP) is 3.09. The van der Waals surface area contributed by atoms with Crippen molar-refractivity contribution in [3.05, 3.63) is 29.3 Å². The average molecular weight is 275 g/mol. The molecular weight excluding hydrogens is 250 g/mol. The van der Waals surface area contributed by atoms with Crippen LogP contribution in [0.5, 0.6) is 5.75 Å². The second-order valence-corrected chi connectivity index (χ2v) is 5.86. The SMILES string of the molecule is CCNC(c1cccc2c1OCCC2)C(OC)C1CC1. The molecule has 3 heteroatoms. The summed E-state index contributed by atoms with van der Waals surface area (Å²) in [5, 5.41) is 3.62. The summed E-state index contributed by atoms with van der Waals surface area (Å²) < 4.78 is 11.8. The molecule has 0 bridgehead atoms. The Kier molecular flexibility index (Phi) is 4.27. The van der Waals surface area contributed by atoms with Gasteiger partial charge in [-0.2, -0.15) is 0 Å². The van der Waals surface area contributed by atoms with Crippen LogP contribution in [0, 0.1) is 5.92 Å². The van der Waals surface area contributed by atoms with Crippen LogP contribution in [0.25, 0.3) is 0 Å². The summed E-state index contributed by atoms with van der Waals surface area (Å²) in [6.07, 6.45) is 5.08. The minimum atomic E-state index is 0.241.